The fourth-order valence-corrected chi connectivity index (χ4v) is 2.88. The van der Waals surface area contributed by atoms with E-state index in [9.17, 15) is 9.59 Å². The van der Waals surface area contributed by atoms with E-state index in [1.54, 1.807) is 0 Å². The van der Waals surface area contributed by atoms with Gasteiger partial charge in [0.05, 0.1) is 13.5 Å². The van der Waals surface area contributed by atoms with Gasteiger partial charge in [0.1, 0.15) is 6.04 Å². The van der Waals surface area contributed by atoms with E-state index < -0.39 is 12.0 Å². The van der Waals surface area contributed by atoms with E-state index in [0.717, 1.165) is 22.0 Å². The van der Waals surface area contributed by atoms with Gasteiger partial charge in [-0.3, -0.25) is 4.79 Å². The molecule has 1 unspecified atom stereocenters. The lowest BCUT2D eigenvalue weighted by atomic mass is 10.0. The van der Waals surface area contributed by atoms with Crippen molar-refractivity contribution in [2.45, 2.75) is 18.9 Å². The SMILES string of the molecule is COC(=O)C(Cc1c[nH]c2ccccc12)NC(=O)Cc1ccccc1. The number of methoxy groups -OCH3 is 1. The number of aromatic nitrogens is 1. The number of hydrogen-bond donors (Lipinski definition) is 2. The Labute approximate surface area is 146 Å². The number of hydrogen-bond acceptors (Lipinski definition) is 3. The van der Waals surface area contributed by atoms with Crippen molar-refractivity contribution in [3.63, 3.8) is 0 Å². The molecule has 2 aromatic carbocycles. The first-order valence-electron chi connectivity index (χ1n) is 8.13. The Morgan fingerprint density at radius 2 is 1.80 bits per heavy atom. The van der Waals surface area contributed by atoms with Crippen LogP contribution in [0.5, 0.6) is 0 Å². The number of esters is 1. The lowest BCUT2D eigenvalue weighted by molar-refractivity contribution is -0.145. The van der Waals surface area contributed by atoms with Crippen molar-refractivity contribution in [1.29, 1.82) is 0 Å². The fraction of sp³-hybridized carbons (Fsp3) is 0.200. The van der Waals surface area contributed by atoms with E-state index in [1.807, 2.05) is 60.8 Å². The van der Waals surface area contributed by atoms with Gasteiger partial charge in [0, 0.05) is 23.5 Å². The standard InChI is InChI=1S/C20H20N2O3/c1-25-20(24)18(22-19(23)11-14-7-3-2-4-8-14)12-15-13-21-17-10-6-5-9-16(15)17/h2-10,13,18,21H,11-12H2,1H3,(H,22,23). The van der Waals surface area contributed by atoms with E-state index in [2.05, 4.69) is 10.3 Å². The number of carbonyl (C=O) groups is 2. The number of rotatable bonds is 6. The Kier molecular flexibility index (Phi) is 5.14. The van der Waals surface area contributed by atoms with Gasteiger partial charge in [0.25, 0.3) is 0 Å². The summed E-state index contributed by atoms with van der Waals surface area (Å²) in [6, 6.07) is 16.6. The molecule has 0 aliphatic carbocycles. The third kappa shape index (κ3) is 4.07. The minimum absolute atomic E-state index is 0.207. The summed E-state index contributed by atoms with van der Waals surface area (Å²) in [5, 5.41) is 3.83. The third-order valence-electron chi connectivity index (χ3n) is 4.13. The molecule has 128 valence electrons. The number of para-hydroxylation sites is 1. The maximum absolute atomic E-state index is 12.3. The van der Waals surface area contributed by atoms with Crippen molar-refractivity contribution in [2.75, 3.05) is 7.11 Å². The molecule has 1 atom stereocenters. The lowest BCUT2D eigenvalue weighted by Gasteiger charge is -2.16. The van der Waals surface area contributed by atoms with Crippen LogP contribution in [-0.2, 0) is 27.2 Å². The first-order valence-corrected chi connectivity index (χ1v) is 8.13. The Hall–Kier alpha value is -3.08. The van der Waals surface area contributed by atoms with Crippen LogP contribution in [0.2, 0.25) is 0 Å². The zero-order valence-electron chi connectivity index (χ0n) is 14.0. The third-order valence-corrected chi connectivity index (χ3v) is 4.13. The average Bonchev–Trinajstić information content (AvgIpc) is 3.04. The molecule has 5 heteroatoms. The highest BCUT2D eigenvalue weighted by Crippen LogP contribution is 2.19. The number of fused-ring (bicyclic) bond motifs is 1. The maximum Gasteiger partial charge on any atom is 0.328 e. The average molecular weight is 336 g/mol. The van der Waals surface area contributed by atoms with Crippen LogP contribution in [0.25, 0.3) is 10.9 Å². The molecular weight excluding hydrogens is 316 g/mol. The molecule has 25 heavy (non-hydrogen) atoms. The van der Waals surface area contributed by atoms with Crippen LogP contribution in [0.1, 0.15) is 11.1 Å². The van der Waals surface area contributed by atoms with Gasteiger partial charge >= 0.3 is 5.97 Å². The monoisotopic (exact) mass is 336 g/mol. The molecule has 0 aliphatic heterocycles. The summed E-state index contributed by atoms with van der Waals surface area (Å²) >= 11 is 0. The lowest BCUT2D eigenvalue weighted by Crippen LogP contribution is -2.43. The highest BCUT2D eigenvalue weighted by Gasteiger charge is 2.23. The van der Waals surface area contributed by atoms with Crippen molar-refractivity contribution < 1.29 is 14.3 Å². The number of amides is 1. The summed E-state index contributed by atoms with van der Waals surface area (Å²) in [6.07, 6.45) is 2.46. The summed E-state index contributed by atoms with van der Waals surface area (Å²) in [7, 11) is 1.33. The predicted octanol–water partition coefficient (Wildman–Crippen LogP) is 2.61. The molecule has 5 nitrogen and oxygen atoms in total. The van der Waals surface area contributed by atoms with Crippen molar-refractivity contribution in [3.05, 3.63) is 71.9 Å². The van der Waals surface area contributed by atoms with Crippen LogP contribution in [0.4, 0.5) is 0 Å². The van der Waals surface area contributed by atoms with E-state index in [1.165, 1.54) is 7.11 Å². The Bertz CT molecular complexity index is 871. The summed E-state index contributed by atoms with van der Waals surface area (Å²) < 4.78 is 4.86. The van der Waals surface area contributed by atoms with E-state index in [0.29, 0.717) is 6.42 Å². The van der Waals surface area contributed by atoms with Crippen LogP contribution in [0, 0.1) is 0 Å². The van der Waals surface area contributed by atoms with Crippen molar-refractivity contribution >= 4 is 22.8 Å². The van der Waals surface area contributed by atoms with Crippen molar-refractivity contribution in [3.8, 4) is 0 Å². The van der Waals surface area contributed by atoms with Gasteiger partial charge in [-0.25, -0.2) is 4.79 Å². The minimum atomic E-state index is -0.722. The number of nitrogens with one attached hydrogen (secondary N) is 2. The van der Waals surface area contributed by atoms with E-state index in [-0.39, 0.29) is 12.3 Å². The molecule has 2 N–H and O–H groups in total. The van der Waals surface area contributed by atoms with Gasteiger partial charge in [-0.05, 0) is 17.2 Å². The molecule has 0 aliphatic rings. The highest BCUT2D eigenvalue weighted by molar-refractivity contribution is 5.87. The molecule has 3 rings (SSSR count). The number of ether oxygens (including phenoxy) is 1. The van der Waals surface area contributed by atoms with E-state index in [4.69, 9.17) is 4.74 Å². The summed E-state index contributed by atoms with van der Waals surface area (Å²) in [5.41, 5.74) is 2.86. The second kappa shape index (κ2) is 7.66. The molecule has 0 saturated heterocycles. The zero-order valence-corrected chi connectivity index (χ0v) is 14.0. The summed E-state index contributed by atoms with van der Waals surface area (Å²) in [6.45, 7) is 0. The second-order valence-corrected chi connectivity index (χ2v) is 5.87. The predicted molar refractivity (Wildman–Crippen MR) is 96.1 cm³/mol. The van der Waals surface area contributed by atoms with Gasteiger partial charge in [-0.15, -0.1) is 0 Å². The summed E-state index contributed by atoms with van der Waals surface area (Å²) in [4.78, 5) is 27.6. The summed E-state index contributed by atoms with van der Waals surface area (Å²) in [5.74, 6) is -0.659. The van der Waals surface area contributed by atoms with Crippen LogP contribution in [0.15, 0.2) is 60.8 Å². The van der Waals surface area contributed by atoms with Crippen LogP contribution in [-0.4, -0.2) is 30.0 Å². The molecule has 0 spiro atoms. The van der Waals surface area contributed by atoms with Gasteiger partial charge in [-0.2, -0.15) is 0 Å². The van der Waals surface area contributed by atoms with Gasteiger partial charge in [-0.1, -0.05) is 48.5 Å². The number of carbonyl (C=O) groups excluding carboxylic acids is 2. The number of H-pyrrole nitrogens is 1. The molecule has 0 fully saturated rings. The Balaban J connectivity index is 1.73. The van der Waals surface area contributed by atoms with Gasteiger partial charge < -0.3 is 15.0 Å². The first-order chi connectivity index (χ1) is 12.2. The smallest absolute Gasteiger partial charge is 0.328 e. The van der Waals surface area contributed by atoms with E-state index >= 15 is 0 Å². The fourth-order valence-electron chi connectivity index (χ4n) is 2.88. The molecule has 1 aromatic heterocycles. The maximum atomic E-state index is 12.3. The normalized spacial score (nSPS) is 11.9. The Morgan fingerprint density at radius 1 is 1.08 bits per heavy atom. The van der Waals surface area contributed by atoms with Crippen LogP contribution in [0.3, 0.4) is 0 Å². The van der Waals surface area contributed by atoms with Gasteiger partial charge in [0.15, 0.2) is 0 Å². The molecule has 1 heterocycles. The molecule has 3 aromatic rings. The molecular formula is C20H20N2O3. The topological polar surface area (TPSA) is 71.2 Å². The minimum Gasteiger partial charge on any atom is -0.467 e. The number of aromatic amines is 1. The largest absolute Gasteiger partial charge is 0.467 e. The molecule has 0 saturated carbocycles. The molecule has 0 radical (unpaired) electrons. The quantitative estimate of drug-likeness (QED) is 0.680. The Morgan fingerprint density at radius 3 is 2.56 bits per heavy atom. The molecule has 0 bridgehead atoms. The van der Waals surface area contributed by atoms with Gasteiger partial charge in [0.2, 0.25) is 5.91 Å². The highest BCUT2D eigenvalue weighted by atomic mass is 16.5. The first kappa shape index (κ1) is 16.8. The van der Waals surface area contributed by atoms with Crippen molar-refractivity contribution in [2.24, 2.45) is 0 Å². The van der Waals surface area contributed by atoms with Crippen molar-refractivity contribution in [1.82, 2.24) is 10.3 Å². The molecule has 1 amide bonds. The number of benzene rings is 2. The van der Waals surface area contributed by atoms with Crippen LogP contribution >= 0.6 is 0 Å². The zero-order chi connectivity index (χ0) is 17.6. The second-order valence-electron chi connectivity index (χ2n) is 5.87. The van der Waals surface area contributed by atoms with Crippen LogP contribution < -0.4 is 5.32 Å².